The minimum Gasteiger partial charge on any atom is -0.306 e. The van der Waals surface area contributed by atoms with Gasteiger partial charge < -0.3 is 19.6 Å². The van der Waals surface area contributed by atoms with Crippen LogP contribution in [0, 0.1) is 0 Å². The molecular formula is C52H34N6. The average molecular weight is 743 g/mol. The normalized spacial score (nSPS) is 13.0. The van der Waals surface area contributed by atoms with Gasteiger partial charge in [0, 0.05) is 45.9 Å². The van der Waals surface area contributed by atoms with Gasteiger partial charge in [-0.3, -0.25) is 9.97 Å². The maximum atomic E-state index is 4.93. The lowest BCUT2D eigenvalue weighted by atomic mass is 9.96. The Morgan fingerprint density at radius 2 is 0.517 bits per heavy atom. The van der Waals surface area contributed by atoms with Gasteiger partial charge in [-0.05, 0) is 108 Å². The Bertz CT molecular complexity index is 2910. The summed E-state index contributed by atoms with van der Waals surface area (Å²) >= 11 is 0. The zero-order valence-corrected chi connectivity index (χ0v) is 31.3. The van der Waals surface area contributed by atoms with Crippen molar-refractivity contribution in [1.29, 1.82) is 0 Å². The molecule has 0 radical (unpaired) electrons. The van der Waals surface area contributed by atoms with Crippen molar-refractivity contribution >= 4 is 101 Å². The summed E-state index contributed by atoms with van der Waals surface area (Å²) in [6.45, 7) is 0. The van der Waals surface area contributed by atoms with Crippen LogP contribution in [0.3, 0.4) is 0 Å². The molecule has 58 heavy (non-hydrogen) atoms. The molecule has 2 aliphatic rings. The van der Waals surface area contributed by atoms with E-state index in [9.17, 15) is 0 Å². The van der Waals surface area contributed by atoms with Gasteiger partial charge >= 0.3 is 0 Å². The molecule has 272 valence electrons. The van der Waals surface area contributed by atoms with Crippen LogP contribution in [0.2, 0.25) is 0 Å². The topological polar surface area (TPSA) is 38.7 Å². The van der Waals surface area contributed by atoms with Crippen LogP contribution in [0.25, 0.3) is 32.6 Å². The highest BCUT2D eigenvalue weighted by atomic mass is 15.3. The molecule has 0 N–H and O–H groups in total. The van der Waals surface area contributed by atoms with Crippen molar-refractivity contribution in [2.45, 2.75) is 0 Å². The number of nitrogens with zero attached hydrogens (tertiary/aromatic N) is 6. The summed E-state index contributed by atoms with van der Waals surface area (Å²) < 4.78 is 0. The molecule has 2 aliphatic heterocycles. The Labute approximate surface area is 335 Å². The zero-order valence-electron chi connectivity index (χ0n) is 31.3. The van der Waals surface area contributed by atoms with E-state index in [4.69, 9.17) is 9.97 Å². The van der Waals surface area contributed by atoms with Crippen molar-refractivity contribution in [3.8, 4) is 0 Å². The van der Waals surface area contributed by atoms with Crippen LogP contribution in [0.5, 0.6) is 0 Å². The van der Waals surface area contributed by atoms with Crippen LogP contribution in [-0.4, -0.2) is 9.97 Å². The number of hydrogen-bond donors (Lipinski definition) is 0. The summed E-state index contributed by atoms with van der Waals surface area (Å²) in [4.78, 5) is 19.4. The second-order valence-corrected chi connectivity index (χ2v) is 14.7. The molecular weight excluding hydrogens is 709 g/mol. The number of fused-ring (bicyclic) bond motifs is 10. The molecule has 6 heteroatoms. The molecule has 10 aromatic rings. The second-order valence-electron chi connectivity index (χ2n) is 14.7. The van der Waals surface area contributed by atoms with Gasteiger partial charge in [0.15, 0.2) is 0 Å². The third kappa shape index (κ3) is 4.79. The van der Waals surface area contributed by atoms with E-state index in [0.29, 0.717) is 0 Å². The van der Waals surface area contributed by atoms with Crippen molar-refractivity contribution in [2.75, 3.05) is 19.6 Å². The number of rotatable bonds is 4. The van der Waals surface area contributed by atoms with Gasteiger partial charge in [0.25, 0.3) is 0 Å². The summed E-state index contributed by atoms with van der Waals surface area (Å²) in [5.41, 5.74) is 15.1. The number of anilines is 12. The van der Waals surface area contributed by atoms with E-state index in [1.54, 1.807) is 12.4 Å². The van der Waals surface area contributed by atoms with Crippen LogP contribution in [0.1, 0.15) is 0 Å². The molecule has 0 amide bonds. The smallest absolute Gasteiger partial charge is 0.0971 e. The lowest BCUT2D eigenvalue weighted by molar-refractivity contribution is 1.17. The van der Waals surface area contributed by atoms with Gasteiger partial charge in [0.2, 0.25) is 0 Å². The van der Waals surface area contributed by atoms with Crippen molar-refractivity contribution in [2.24, 2.45) is 0 Å². The molecule has 9 aromatic carbocycles. The van der Waals surface area contributed by atoms with Crippen molar-refractivity contribution < 1.29 is 0 Å². The SMILES string of the molecule is c1ccc(N2c3ccccc3N(c3ccc4c(c3)c3cc(N5c6ccccc6N(c6ccccc6)c6ccccc65)ccc3c3nccnc43)c3ccccc32)cc1. The maximum absolute atomic E-state index is 4.93. The first-order valence-corrected chi connectivity index (χ1v) is 19.6. The first-order chi connectivity index (χ1) is 28.8. The molecule has 0 spiro atoms. The van der Waals surface area contributed by atoms with Crippen LogP contribution >= 0.6 is 0 Å². The minimum atomic E-state index is 0.895. The fourth-order valence-electron chi connectivity index (χ4n) is 9.09. The van der Waals surface area contributed by atoms with Crippen molar-refractivity contribution in [3.63, 3.8) is 0 Å². The van der Waals surface area contributed by atoms with E-state index in [0.717, 1.165) is 101 Å². The minimum absolute atomic E-state index is 0.895. The third-order valence-electron chi connectivity index (χ3n) is 11.5. The summed E-state index contributed by atoms with van der Waals surface area (Å²) in [7, 11) is 0. The predicted octanol–water partition coefficient (Wildman–Crippen LogP) is 14.4. The highest BCUT2D eigenvalue weighted by molar-refractivity contribution is 6.24. The first-order valence-electron chi connectivity index (χ1n) is 19.6. The van der Waals surface area contributed by atoms with E-state index in [-0.39, 0.29) is 0 Å². The van der Waals surface area contributed by atoms with Crippen LogP contribution < -0.4 is 19.6 Å². The van der Waals surface area contributed by atoms with E-state index in [2.05, 4.69) is 214 Å². The molecule has 1 aromatic heterocycles. The first kappa shape index (κ1) is 32.3. The maximum Gasteiger partial charge on any atom is 0.0971 e. The lowest BCUT2D eigenvalue weighted by Crippen LogP contribution is -2.24. The van der Waals surface area contributed by atoms with Crippen molar-refractivity contribution in [3.05, 3.63) is 207 Å². The molecule has 0 atom stereocenters. The zero-order chi connectivity index (χ0) is 38.2. The fourth-order valence-corrected chi connectivity index (χ4v) is 9.09. The van der Waals surface area contributed by atoms with Gasteiger partial charge in [0.1, 0.15) is 0 Å². The standard InChI is InChI=1S/C52H34N6/c1-3-15-35(16-4-1)55-43-19-7-11-23-47(43)57(48-24-12-8-20-44(48)55)37-27-29-39-41(33-37)42-34-38(28-30-40(42)52-51(39)53-31-32-54-52)58-49-25-13-9-21-45(49)56(36-17-5-2-6-18-36)46-22-10-14-26-50(46)58/h1-34H. The number of aromatic nitrogens is 2. The summed E-state index contributed by atoms with van der Waals surface area (Å²) in [6.07, 6.45) is 3.59. The Balaban J connectivity index is 1.09. The average Bonchev–Trinajstić information content (AvgIpc) is 3.30. The van der Waals surface area contributed by atoms with E-state index >= 15 is 0 Å². The Morgan fingerprint density at radius 1 is 0.241 bits per heavy atom. The number of benzene rings is 9. The second kappa shape index (κ2) is 12.8. The summed E-state index contributed by atoms with van der Waals surface area (Å²) in [5, 5.41) is 4.37. The fraction of sp³-hybridized carbons (Fsp3) is 0. The Hall–Kier alpha value is -7.96. The Kier molecular flexibility index (Phi) is 7.13. The number of para-hydroxylation sites is 10. The van der Waals surface area contributed by atoms with Crippen LogP contribution in [0.4, 0.5) is 68.2 Å². The molecule has 0 unspecified atom stereocenters. The van der Waals surface area contributed by atoms with Crippen molar-refractivity contribution in [1.82, 2.24) is 9.97 Å². The molecule has 3 heterocycles. The van der Waals surface area contributed by atoms with E-state index in [1.807, 2.05) is 0 Å². The van der Waals surface area contributed by atoms with Gasteiger partial charge in [-0.1, -0.05) is 97.1 Å². The Morgan fingerprint density at radius 3 is 0.828 bits per heavy atom. The highest BCUT2D eigenvalue weighted by Crippen LogP contribution is 2.56. The van der Waals surface area contributed by atoms with Gasteiger partial charge in [-0.15, -0.1) is 0 Å². The molecule has 0 fully saturated rings. The third-order valence-corrected chi connectivity index (χ3v) is 11.5. The molecule has 12 rings (SSSR count). The largest absolute Gasteiger partial charge is 0.306 e. The predicted molar refractivity (Wildman–Crippen MR) is 240 cm³/mol. The molecule has 0 saturated heterocycles. The highest BCUT2D eigenvalue weighted by Gasteiger charge is 2.32. The van der Waals surface area contributed by atoms with Gasteiger partial charge in [0.05, 0.1) is 56.5 Å². The monoisotopic (exact) mass is 742 g/mol. The number of hydrogen-bond acceptors (Lipinski definition) is 6. The van der Waals surface area contributed by atoms with Crippen LogP contribution in [0.15, 0.2) is 207 Å². The molecule has 6 nitrogen and oxygen atoms in total. The molecule has 0 saturated carbocycles. The summed E-state index contributed by atoms with van der Waals surface area (Å²) in [5.74, 6) is 0. The quantitative estimate of drug-likeness (QED) is 0.167. The molecule has 0 aliphatic carbocycles. The van der Waals surface area contributed by atoms with Gasteiger partial charge in [-0.2, -0.15) is 0 Å². The molecule has 0 bridgehead atoms. The summed E-state index contributed by atoms with van der Waals surface area (Å²) in [6, 6.07) is 69.6. The van der Waals surface area contributed by atoms with E-state index < -0.39 is 0 Å². The lowest BCUT2D eigenvalue weighted by Gasteiger charge is -2.40. The van der Waals surface area contributed by atoms with E-state index in [1.165, 1.54) is 0 Å². The van der Waals surface area contributed by atoms with Crippen LogP contribution in [-0.2, 0) is 0 Å². The van der Waals surface area contributed by atoms with Gasteiger partial charge in [-0.25, -0.2) is 0 Å².